The summed E-state index contributed by atoms with van der Waals surface area (Å²) in [5.41, 5.74) is 5.34. The van der Waals surface area contributed by atoms with Crippen LogP contribution in [0.4, 0.5) is 11.4 Å². The molecule has 2 heterocycles. The summed E-state index contributed by atoms with van der Waals surface area (Å²) in [7, 11) is 6.92. The van der Waals surface area contributed by atoms with Gasteiger partial charge < -0.3 is 38.8 Å². The van der Waals surface area contributed by atoms with E-state index < -0.39 is 0 Å². The van der Waals surface area contributed by atoms with Crippen LogP contribution in [0.3, 0.4) is 0 Å². The van der Waals surface area contributed by atoms with Crippen LogP contribution in [0.25, 0.3) is 11.0 Å². The van der Waals surface area contributed by atoms with E-state index in [1.807, 2.05) is 77.1 Å². The number of carbonyl (C=O) groups is 3. The second-order valence-electron chi connectivity index (χ2n) is 14.3. The summed E-state index contributed by atoms with van der Waals surface area (Å²) in [5.74, 6) is 1.28. The predicted molar refractivity (Wildman–Crippen MR) is 219 cm³/mol. The van der Waals surface area contributed by atoms with Crippen LogP contribution in [0.2, 0.25) is 0 Å². The van der Waals surface area contributed by atoms with Crippen LogP contribution in [0.1, 0.15) is 63.4 Å². The van der Waals surface area contributed by atoms with Crippen LogP contribution in [-0.2, 0) is 22.7 Å². The zero-order chi connectivity index (χ0) is 39.6. The molecule has 12 heteroatoms. The number of rotatable bonds is 16. The molecule has 294 valence electrons. The van der Waals surface area contributed by atoms with Gasteiger partial charge in [0.15, 0.2) is 0 Å². The van der Waals surface area contributed by atoms with Gasteiger partial charge in [0, 0.05) is 58.9 Å². The number of para-hydroxylation sites is 1. The maximum Gasteiger partial charge on any atom is 0.258 e. The Labute approximate surface area is 329 Å². The number of nitrogens with one attached hydrogen (secondary N) is 1. The fraction of sp³-hybridized carbons (Fsp3) is 0.364. The van der Waals surface area contributed by atoms with Crippen molar-refractivity contribution in [3.8, 4) is 11.5 Å². The molecule has 0 radical (unpaired) electrons. The van der Waals surface area contributed by atoms with Gasteiger partial charge in [0.05, 0.1) is 41.7 Å². The van der Waals surface area contributed by atoms with E-state index in [1.54, 1.807) is 43.3 Å². The molecule has 1 fully saturated rings. The van der Waals surface area contributed by atoms with Crippen molar-refractivity contribution in [3.63, 3.8) is 0 Å². The zero-order valence-corrected chi connectivity index (χ0v) is 33.0. The minimum absolute atomic E-state index is 0.226. The quantitative estimate of drug-likeness (QED) is 0.109. The van der Waals surface area contributed by atoms with Gasteiger partial charge >= 0.3 is 0 Å². The van der Waals surface area contributed by atoms with Gasteiger partial charge in [0.2, 0.25) is 5.91 Å². The van der Waals surface area contributed by atoms with E-state index in [9.17, 15) is 14.4 Å². The standard InChI is InChI=1S/C44H52N6O6/c1-31-18-21-37(39(27-31)56-26-11-7-10-17-41(51)49-24-22-47(2)23-25-49)48(3)44(53)33-19-20-35(38(28-33)55-5)46-43(52)34-15-12-16-36-42(34)50(40(45-36)30-54-4)29-32-13-8-6-9-14-32/h6,8-9,12-16,18-21,27-28H,7,10-11,17,22-26,29-30H2,1-5H3,(H,46,52). The Kier molecular flexibility index (Phi) is 13.4. The van der Waals surface area contributed by atoms with Crippen molar-refractivity contribution in [3.05, 3.63) is 113 Å². The van der Waals surface area contributed by atoms with Crippen molar-refractivity contribution in [2.24, 2.45) is 0 Å². The van der Waals surface area contributed by atoms with Crippen molar-refractivity contribution in [1.82, 2.24) is 19.4 Å². The van der Waals surface area contributed by atoms with E-state index in [2.05, 4.69) is 17.3 Å². The molecule has 1 aromatic heterocycles. The fourth-order valence-corrected chi connectivity index (χ4v) is 6.98. The third-order valence-corrected chi connectivity index (χ3v) is 10.2. The molecule has 0 unspecified atom stereocenters. The maximum atomic E-state index is 13.9. The molecular weight excluding hydrogens is 709 g/mol. The van der Waals surface area contributed by atoms with Gasteiger partial charge in [-0.2, -0.15) is 0 Å². The molecule has 1 saturated heterocycles. The van der Waals surface area contributed by atoms with Gasteiger partial charge in [-0.1, -0.05) is 42.5 Å². The summed E-state index contributed by atoms with van der Waals surface area (Å²) in [6.45, 7) is 6.70. The number of carbonyl (C=O) groups excluding carboxylic acids is 3. The number of amides is 3. The molecule has 12 nitrogen and oxygen atoms in total. The lowest BCUT2D eigenvalue weighted by Crippen LogP contribution is -2.47. The van der Waals surface area contributed by atoms with Crippen LogP contribution < -0.4 is 19.7 Å². The summed E-state index contributed by atoms with van der Waals surface area (Å²) in [5, 5.41) is 3.00. The number of aryl methyl sites for hydroxylation is 1. The van der Waals surface area contributed by atoms with Crippen LogP contribution in [-0.4, -0.2) is 98.2 Å². The largest absolute Gasteiger partial charge is 0.495 e. The Morgan fingerprint density at radius 1 is 0.857 bits per heavy atom. The van der Waals surface area contributed by atoms with Crippen molar-refractivity contribution in [2.45, 2.75) is 45.8 Å². The highest BCUT2D eigenvalue weighted by molar-refractivity contribution is 6.13. The molecule has 5 aromatic rings. The Bertz CT molecular complexity index is 2140. The van der Waals surface area contributed by atoms with Crippen molar-refractivity contribution in [1.29, 1.82) is 0 Å². The molecule has 1 aliphatic heterocycles. The third kappa shape index (κ3) is 9.55. The number of aromatic nitrogens is 2. The van der Waals surface area contributed by atoms with E-state index in [1.165, 1.54) is 7.11 Å². The molecule has 0 atom stereocenters. The lowest BCUT2D eigenvalue weighted by Gasteiger charge is -2.32. The zero-order valence-electron chi connectivity index (χ0n) is 33.0. The average Bonchev–Trinajstić information content (AvgIpc) is 3.55. The monoisotopic (exact) mass is 760 g/mol. The van der Waals surface area contributed by atoms with Crippen molar-refractivity contribution in [2.75, 3.05) is 71.3 Å². The van der Waals surface area contributed by atoms with Crippen molar-refractivity contribution >= 4 is 40.1 Å². The van der Waals surface area contributed by atoms with E-state index in [4.69, 9.17) is 19.2 Å². The number of benzene rings is 4. The highest BCUT2D eigenvalue weighted by atomic mass is 16.5. The molecule has 0 spiro atoms. The highest BCUT2D eigenvalue weighted by Gasteiger charge is 2.23. The predicted octanol–water partition coefficient (Wildman–Crippen LogP) is 6.79. The average molecular weight is 761 g/mol. The lowest BCUT2D eigenvalue weighted by atomic mass is 10.1. The number of nitrogens with zero attached hydrogens (tertiary/aromatic N) is 5. The van der Waals surface area contributed by atoms with E-state index in [0.29, 0.717) is 70.4 Å². The van der Waals surface area contributed by atoms with E-state index >= 15 is 0 Å². The summed E-state index contributed by atoms with van der Waals surface area (Å²) >= 11 is 0. The number of likely N-dealkylation sites (N-methyl/N-ethyl adjacent to an activating group) is 1. The van der Waals surface area contributed by atoms with Gasteiger partial charge in [-0.25, -0.2) is 4.98 Å². The molecule has 56 heavy (non-hydrogen) atoms. The summed E-state index contributed by atoms with van der Waals surface area (Å²) in [6.07, 6.45) is 3.04. The minimum Gasteiger partial charge on any atom is -0.495 e. The first-order chi connectivity index (χ1) is 27.2. The summed E-state index contributed by atoms with van der Waals surface area (Å²) < 4.78 is 19.4. The number of fused-ring (bicyclic) bond motifs is 1. The van der Waals surface area contributed by atoms with Gasteiger partial charge in [-0.05, 0) is 86.8 Å². The Morgan fingerprint density at radius 3 is 2.39 bits per heavy atom. The molecule has 1 N–H and O–H groups in total. The molecule has 1 aliphatic rings. The number of imidazole rings is 1. The van der Waals surface area contributed by atoms with E-state index in [-0.39, 0.29) is 24.3 Å². The van der Waals surface area contributed by atoms with Gasteiger partial charge in [0.1, 0.15) is 23.9 Å². The Balaban J connectivity index is 1.12. The topological polar surface area (TPSA) is 118 Å². The SMILES string of the molecule is COCc1nc2cccc(C(=O)Nc3ccc(C(=O)N(C)c4ccc(C)cc4OCCCCCC(=O)N4CCN(C)CC4)cc3OC)c2n1Cc1ccccc1. The molecule has 0 aliphatic carbocycles. The maximum absolute atomic E-state index is 13.9. The highest BCUT2D eigenvalue weighted by Crippen LogP contribution is 2.33. The molecular formula is C44H52N6O6. The van der Waals surface area contributed by atoms with Crippen LogP contribution in [0, 0.1) is 6.92 Å². The summed E-state index contributed by atoms with van der Waals surface area (Å²) in [4.78, 5) is 51.0. The lowest BCUT2D eigenvalue weighted by molar-refractivity contribution is -0.132. The fourth-order valence-electron chi connectivity index (χ4n) is 6.98. The molecule has 3 amide bonds. The number of anilines is 2. The first-order valence-corrected chi connectivity index (χ1v) is 19.1. The van der Waals surface area contributed by atoms with Gasteiger partial charge in [-0.15, -0.1) is 0 Å². The molecule has 0 bridgehead atoms. The molecule has 4 aromatic carbocycles. The molecule has 6 rings (SSSR count). The number of hydrogen-bond donors (Lipinski definition) is 1. The number of piperazine rings is 1. The second-order valence-corrected chi connectivity index (χ2v) is 14.3. The number of unbranched alkanes of at least 4 members (excludes halogenated alkanes) is 2. The third-order valence-electron chi connectivity index (χ3n) is 10.2. The van der Waals surface area contributed by atoms with Crippen LogP contribution in [0.5, 0.6) is 11.5 Å². The van der Waals surface area contributed by atoms with Gasteiger partial charge in [-0.3, -0.25) is 14.4 Å². The van der Waals surface area contributed by atoms with E-state index in [0.717, 1.165) is 56.6 Å². The minimum atomic E-state index is -0.341. The first kappa shape index (κ1) is 40.0. The molecule has 0 saturated carbocycles. The normalized spacial score (nSPS) is 13.1. The van der Waals surface area contributed by atoms with Crippen LogP contribution in [0.15, 0.2) is 84.9 Å². The second kappa shape index (κ2) is 18.7. The summed E-state index contributed by atoms with van der Waals surface area (Å²) in [6, 6.07) is 26.2. The number of hydrogen-bond acceptors (Lipinski definition) is 8. The van der Waals surface area contributed by atoms with Gasteiger partial charge in [0.25, 0.3) is 11.8 Å². The van der Waals surface area contributed by atoms with Crippen molar-refractivity contribution < 1.29 is 28.6 Å². The Morgan fingerprint density at radius 2 is 1.64 bits per heavy atom. The number of methoxy groups -OCH3 is 2. The smallest absolute Gasteiger partial charge is 0.258 e. The first-order valence-electron chi connectivity index (χ1n) is 19.1. The Hall–Kier alpha value is -5.72. The number of ether oxygens (including phenoxy) is 3. The van der Waals surface area contributed by atoms with Crippen LogP contribution >= 0.6 is 0 Å².